The molecule has 0 saturated carbocycles. The SMILES string of the molecule is O=[N+]([O-])c1cc(-n2cnnn2)ccc1NCCCCCCN1C[C@H](O)[C@@H](O)C[C@H]1CO. The van der Waals surface area contributed by atoms with Gasteiger partial charge in [0.1, 0.15) is 12.0 Å². The molecule has 0 aliphatic carbocycles. The summed E-state index contributed by atoms with van der Waals surface area (Å²) < 4.78 is 1.36. The van der Waals surface area contributed by atoms with Gasteiger partial charge in [-0.15, -0.1) is 5.10 Å². The molecule has 2 heterocycles. The van der Waals surface area contributed by atoms with Gasteiger partial charge in [-0.3, -0.25) is 15.0 Å². The Balaban J connectivity index is 1.39. The number of aromatic nitrogens is 4. The number of hydrogen-bond donors (Lipinski definition) is 4. The van der Waals surface area contributed by atoms with Crippen LogP contribution in [0.25, 0.3) is 5.69 Å². The van der Waals surface area contributed by atoms with Gasteiger partial charge in [-0.1, -0.05) is 12.8 Å². The van der Waals surface area contributed by atoms with E-state index in [0.717, 1.165) is 32.2 Å². The van der Waals surface area contributed by atoms with Gasteiger partial charge >= 0.3 is 0 Å². The first-order valence-corrected chi connectivity index (χ1v) is 10.5. The van der Waals surface area contributed by atoms with Crippen LogP contribution in [0.3, 0.4) is 0 Å². The van der Waals surface area contributed by atoms with Gasteiger partial charge in [0.25, 0.3) is 5.69 Å². The van der Waals surface area contributed by atoms with E-state index in [1.165, 1.54) is 17.1 Å². The molecule has 4 N–H and O–H groups in total. The van der Waals surface area contributed by atoms with Crippen molar-refractivity contribution in [1.29, 1.82) is 0 Å². The summed E-state index contributed by atoms with van der Waals surface area (Å²) in [5, 5.41) is 54.4. The molecule has 1 aliphatic heterocycles. The van der Waals surface area contributed by atoms with Gasteiger partial charge < -0.3 is 20.6 Å². The first-order chi connectivity index (χ1) is 15.0. The van der Waals surface area contributed by atoms with Gasteiger partial charge in [0.15, 0.2) is 0 Å². The first-order valence-electron chi connectivity index (χ1n) is 10.5. The normalized spacial score (nSPS) is 21.8. The highest BCUT2D eigenvalue weighted by molar-refractivity contribution is 5.65. The Morgan fingerprint density at radius 1 is 1.19 bits per heavy atom. The molecule has 1 aromatic heterocycles. The third-order valence-electron chi connectivity index (χ3n) is 5.59. The second-order valence-electron chi connectivity index (χ2n) is 7.76. The van der Waals surface area contributed by atoms with Crippen LogP contribution in [0.5, 0.6) is 0 Å². The fourth-order valence-corrected chi connectivity index (χ4v) is 3.82. The lowest BCUT2D eigenvalue weighted by atomic mass is 9.97. The summed E-state index contributed by atoms with van der Waals surface area (Å²) in [5.41, 5.74) is 0.932. The van der Waals surface area contributed by atoms with Crippen molar-refractivity contribution in [2.75, 3.05) is 31.6 Å². The van der Waals surface area contributed by atoms with Crippen molar-refractivity contribution in [2.45, 2.75) is 50.4 Å². The molecule has 2 aromatic rings. The summed E-state index contributed by atoms with van der Waals surface area (Å²) in [7, 11) is 0. The van der Waals surface area contributed by atoms with Crippen molar-refractivity contribution < 1.29 is 20.2 Å². The third kappa shape index (κ3) is 6.17. The van der Waals surface area contributed by atoms with E-state index < -0.39 is 17.1 Å². The van der Waals surface area contributed by atoms with E-state index in [4.69, 9.17) is 0 Å². The molecule has 31 heavy (non-hydrogen) atoms. The molecule has 170 valence electrons. The van der Waals surface area contributed by atoms with E-state index in [2.05, 4.69) is 20.8 Å². The smallest absolute Gasteiger partial charge is 0.294 e. The molecule has 12 nitrogen and oxygen atoms in total. The number of tetrazole rings is 1. The van der Waals surface area contributed by atoms with Crippen LogP contribution < -0.4 is 5.32 Å². The van der Waals surface area contributed by atoms with Crippen LogP contribution in [0.4, 0.5) is 11.4 Å². The molecule has 3 atom stereocenters. The summed E-state index contributed by atoms with van der Waals surface area (Å²) in [5.74, 6) is 0. The topological polar surface area (TPSA) is 163 Å². The van der Waals surface area contributed by atoms with Crippen LogP contribution in [0, 0.1) is 10.1 Å². The van der Waals surface area contributed by atoms with Crippen molar-refractivity contribution in [3.05, 3.63) is 34.6 Å². The first kappa shape index (κ1) is 23.0. The van der Waals surface area contributed by atoms with Crippen molar-refractivity contribution in [1.82, 2.24) is 25.1 Å². The van der Waals surface area contributed by atoms with Crippen molar-refractivity contribution >= 4 is 11.4 Å². The van der Waals surface area contributed by atoms with Crippen LogP contribution in [0.2, 0.25) is 0 Å². The minimum absolute atomic E-state index is 0.0291. The molecule has 1 fully saturated rings. The molecule has 1 saturated heterocycles. The molecule has 0 unspecified atom stereocenters. The van der Waals surface area contributed by atoms with Gasteiger partial charge in [-0.05, 0) is 48.4 Å². The maximum atomic E-state index is 11.4. The average molecular weight is 435 g/mol. The van der Waals surface area contributed by atoms with E-state index in [9.17, 15) is 25.4 Å². The summed E-state index contributed by atoms with van der Waals surface area (Å²) in [4.78, 5) is 13.0. The predicted molar refractivity (Wildman–Crippen MR) is 112 cm³/mol. The summed E-state index contributed by atoms with van der Waals surface area (Å²) >= 11 is 0. The molecular weight excluding hydrogens is 406 g/mol. The van der Waals surface area contributed by atoms with Gasteiger partial charge in [-0.25, -0.2) is 4.68 Å². The number of anilines is 1. The molecule has 3 rings (SSSR count). The zero-order chi connectivity index (χ0) is 22.2. The lowest BCUT2D eigenvalue weighted by molar-refractivity contribution is -0.383. The lowest BCUT2D eigenvalue weighted by Crippen LogP contribution is -2.53. The number of aliphatic hydroxyl groups is 3. The Bertz CT molecular complexity index is 835. The Labute approximate surface area is 179 Å². The zero-order valence-electron chi connectivity index (χ0n) is 17.2. The van der Waals surface area contributed by atoms with Crippen molar-refractivity contribution in [3.63, 3.8) is 0 Å². The average Bonchev–Trinajstić information content (AvgIpc) is 3.30. The monoisotopic (exact) mass is 435 g/mol. The van der Waals surface area contributed by atoms with Crippen LogP contribution in [-0.4, -0.2) is 89.8 Å². The number of unbranched alkanes of at least 4 members (excludes halogenated alkanes) is 3. The van der Waals surface area contributed by atoms with Crippen LogP contribution >= 0.6 is 0 Å². The molecule has 1 aromatic carbocycles. The van der Waals surface area contributed by atoms with Crippen molar-refractivity contribution in [3.8, 4) is 5.69 Å². The van der Waals surface area contributed by atoms with Gasteiger partial charge in [0.05, 0.1) is 29.4 Å². The van der Waals surface area contributed by atoms with E-state index in [1.807, 2.05) is 4.90 Å². The largest absolute Gasteiger partial charge is 0.395 e. The number of rotatable bonds is 11. The van der Waals surface area contributed by atoms with Crippen LogP contribution in [0.15, 0.2) is 24.5 Å². The molecule has 0 radical (unpaired) electrons. The number of likely N-dealkylation sites (tertiary alicyclic amines) is 1. The number of aliphatic hydroxyl groups excluding tert-OH is 3. The highest BCUT2D eigenvalue weighted by Crippen LogP contribution is 2.27. The minimum atomic E-state index is -0.773. The van der Waals surface area contributed by atoms with E-state index in [-0.39, 0.29) is 18.3 Å². The Morgan fingerprint density at radius 2 is 2.00 bits per heavy atom. The van der Waals surface area contributed by atoms with Gasteiger partial charge in [0, 0.05) is 25.2 Å². The lowest BCUT2D eigenvalue weighted by Gasteiger charge is -2.39. The van der Waals surface area contributed by atoms with Crippen LogP contribution in [0.1, 0.15) is 32.1 Å². The predicted octanol–water partition coefficient (Wildman–Crippen LogP) is 0.331. The molecule has 0 amide bonds. The quantitative estimate of drug-likeness (QED) is 0.220. The number of nitro benzene ring substituents is 1. The standard InChI is InChI=1S/C19H29N7O5/c27-12-15-10-18(28)19(29)11-24(15)8-4-2-1-3-7-20-16-6-5-14(9-17(16)26(30)31)25-13-21-22-23-25/h5-6,9,13,15,18-20,27-29H,1-4,7-8,10-12H2/t15-,18-,19-/m0/s1. The second kappa shape index (κ2) is 11.1. The fraction of sp³-hybridized carbons (Fsp3) is 0.632. The number of hydrogen-bond acceptors (Lipinski definition) is 10. The second-order valence-corrected chi connectivity index (χ2v) is 7.76. The fourth-order valence-electron chi connectivity index (χ4n) is 3.82. The van der Waals surface area contributed by atoms with Crippen LogP contribution in [-0.2, 0) is 0 Å². The van der Waals surface area contributed by atoms with E-state index in [1.54, 1.807) is 12.1 Å². The highest BCUT2D eigenvalue weighted by atomic mass is 16.6. The number of nitrogens with zero attached hydrogens (tertiary/aromatic N) is 6. The number of nitro groups is 1. The molecule has 0 spiro atoms. The van der Waals surface area contributed by atoms with E-state index >= 15 is 0 Å². The number of nitrogens with one attached hydrogen (secondary N) is 1. The third-order valence-corrected chi connectivity index (χ3v) is 5.59. The van der Waals surface area contributed by atoms with Gasteiger partial charge in [0.2, 0.25) is 0 Å². The highest BCUT2D eigenvalue weighted by Gasteiger charge is 2.32. The summed E-state index contributed by atoms with van der Waals surface area (Å²) in [6.07, 6.45) is 3.91. The maximum Gasteiger partial charge on any atom is 0.294 e. The minimum Gasteiger partial charge on any atom is -0.395 e. The number of benzene rings is 1. The summed E-state index contributed by atoms with van der Waals surface area (Å²) in [6.45, 7) is 1.71. The zero-order valence-corrected chi connectivity index (χ0v) is 17.2. The van der Waals surface area contributed by atoms with Crippen molar-refractivity contribution in [2.24, 2.45) is 0 Å². The summed E-state index contributed by atoms with van der Waals surface area (Å²) in [6, 6.07) is 4.69. The number of piperidine rings is 1. The Morgan fingerprint density at radius 3 is 2.71 bits per heavy atom. The Kier molecular flexibility index (Phi) is 8.23. The van der Waals surface area contributed by atoms with Gasteiger partial charge in [-0.2, -0.15) is 0 Å². The molecule has 12 heteroatoms. The van der Waals surface area contributed by atoms with E-state index in [0.29, 0.717) is 30.9 Å². The number of β-amino-alcohol motifs (C(OH)–C–C–N with tert-alkyl or cyclic N) is 1. The molecular formula is C19H29N7O5. The maximum absolute atomic E-state index is 11.4. The Hall–Kier alpha value is -2.67. The molecule has 0 bridgehead atoms. The molecule has 1 aliphatic rings.